The number of aldehydes is 1. The van der Waals surface area contributed by atoms with Crippen molar-refractivity contribution in [2.45, 2.75) is 45.1 Å². The Labute approximate surface area is 124 Å². The molecule has 1 aliphatic heterocycles. The van der Waals surface area contributed by atoms with Gasteiger partial charge in [-0.3, -0.25) is 9.69 Å². The predicted octanol–water partition coefficient (Wildman–Crippen LogP) is 2.75. The van der Waals surface area contributed by atoms with E-state index in [0.717, 1.165) is 48.2 Å². The highest BCUT2D eigenvalue weighted by Gasteiger charge is 2.31. The fourth-order valence-corrected chi connectivity index (χ4v) is 3.83. The Morgan fingerprint density at radius 2 is 2.05 bits per heavy atom. The normalized spacial score (nSPS) is 22.0. The SMILES string of the molecule is CCC(C)N1CCN(c2nc(C3CC3)c(C=O)s2)CC1. The maximum absolute atomic E-state index is 11.2. The Kier molecular flexibility index (Phi) is 4.08. The van der Waals surface area contributed by atoms with Crippen LogP contribution < -0.4 is 4.90 Å². The van der Waals surface area contributed by atoms with Gasteiger partial charge in [-0.25, -0.2) is 4.98 Å². The molecule has 0 bridgehead atoms. The lowest BCUT2D eigenvalue weighted by Gasteiger charge is -2.37. The molecule has 0 spiro atoms. The number of carbonyl (C=O) groups excluding carboxylic acids is 1. The zero-order valence-electron chi connectivity index (χ0n) is 12.3. The molecule has 2 heterocycles. The van der Waals surface area contributed by atoms with Crippen molar-refractivity contribution >= 4 is 22.8 Å². The van der Waals surface area contributed by atoms with Crippen molar-refractivity contribution in [3.8, 4) is 0 Å². The van der Waals surface area contributed by atoms with Crippen LogP contribution in [-0.2, 0) is 0 Å². The molecule has 2 fully saturated rings. The topological polar surface area (TPSA) is 36.4 Å². The average molecular weight is 293 g/mol. The Hall–Kier alpha value is -0.940. The van der Waals surface area contributed by atoms with E-state index in [1.165, 1.54) is 19.3 Å². The summed E-state index contributed by atoms with van der Waals surface area (Å²) in [7, 11) is 0. The van der Waals surface area contributed by atoms with Crippen LogP contribution in [0.4, 0.5) is 5.13 Å². The minimum absolute atomic E-state index is 0.557. The highest BCUT2D eigenvalue weighted by atomic mass is 32.1. The first-order chi connectivity index (χ1) is 9.72. The Morgan fingerprint density at radius 3 is 2.60 bits per heavy atom. The third-order valence-corrected chi connectivity index (χ3v) is 5.60. The van der Waals surface area contributed by atoms with Gasteiger partial charge in [0.15, 0.2) is 11.4 Å². The van der Waals surface area contributed by atoms with Gasteiger partial charge < -0.3 is 4.90 Å². The maximum atomic E-state index is 11.2. The molecule has 20 heavy (non-hydrogen) atoms. The zero-order valence-corrected chi connectivity index (χ0v) is 13.2. The second kappa shape index (κ2) is 5.82. The smallest absolute Gasteiger partial charge is 0.186 e. The molecule has 1 aliphatic carbocycles. The lowest BCUT2D eigenvalue weighted by Crippen LogP contribution is -2.49. The van der Waals surface area contributed by atoms with Gasteiger partial charge in [0.25, 0.3) is 0 Å². The maximum Gasteiger partial charge on any atom is 0.186 e. The van der Waals surface area contributed by atoms with Gasteiger partial charge in [-0.2, -0.15) is 0 Å². The number of anilines is 1. The molecular weight excluding hydrogens is 270 g/mol. The van der Waals surface area contributed by atoms with Crippen LogP contribution in [0.1, 0.15) is 54.4 Å². The first kappa shape index (κ1) is 14.0. The van der Waals surface area contributed by atoms with Crippen molar-refractivity contribution in [1.82, 2.24) is 9.88 Å². The van der Waals surface area contributed by atoms with Gasteiger partial charge in [0.05, 0.1) is 10.6 Å². The molecule has 0 radical (unpaired) electrons. The quantitative estimate of drug-likeness (QED) is 0.782. The van der Waals surface area contributed by atoms with Gasteiger partial charge in [0, 0.05) is 38.1 Å². The number of rotatable bonds is 5. The fraction of sp³-hybridized carbons (Fsp3) is 0.733. The van der Waals surface area contributed by atoms with E-state index in [1.54, 1.807) is 11.3 Å². The van der Waals surface area contributed by atoms with Crippen molar-refractivity contribution < 1.29 is 4.79 Å². The van der Waals surface area contributed by atoms with E-state index in [0.29, 0.717) is 12.0 Å². The molecule has 1 unspecified atom stereocenters. The van der Waals surface area contributed by atoms with E-state index in [4.69, 9.17) is 4.98 Å². The second-order valence-electron chi connectivity index (χ2n) is 5.92. The van der Waals surface area contributed by atoms with Gasteiger partial charge in [0.1, 0.15) is 0 Å². The van der Waals surface area contributed by atoms with E-state index in [-0.39, 0.29) is 0 Å². The van der Waals surface area contributed by atoms with Gasteiger partial charge in [0.2, 0.25) is 0 Å². The van der Waals surface area contributed by atoms with Crippen LogP contribution in [0.25, 0.3) is 0 Å². The summed E-state index contributed by atoms with van der Waals surface area (Å²) in [4.78, 5) is 21.7. The van der Waals surface area contributed by atoms with Crippen LogP contribution >= 0.6 is 11.3 Å². The highest BCUT2D eigenvalue weighted by molar-refractivity contribution is 7.17. The lowest BCUT2D eigenvalue weighted by molar-refractivity contribution is 0.112. The molecule has 0 aromatic carbocycles. The molecule has 110 valence electrons. The molecule has 5 heteroatoms. The van der Waals surface area contributed by atoms with Gasteiger partial charge >= 0.3 is 0 Å². The Morgan fingerprint density at radius 1 is 1.35 bits per heavy atom. The van der Waals surface area contributed by atoms with E-state index < -0.39 is 0 Å². The Bertz CT molecular complexity index is 475. The first-order valence-corrected chi connectivity index (χ1v) is 8.49. The molecule has 3 rings (SSSR count). The van der Waals surface area contributed by atoms with Crippen LogP contribution in [0, 0.1) is 0 Å². The summed E-state index contributed by atoms with van der Waals surface area (Å²) in [5, 5.41) is 1.05. The van der Waals surface area contributed by atoms with E-state index in [9.17, 15) is 4.79 Å². The second-order valence-corrected chi connectivity index (χ2v) is 6.93. The standard InChI is InChI=1S/C15H23N3OS/c1-3-11(2)17-6-8-18(9-7-17)15-16-14(12-4-5-12)13(10-19)20-15/h10-12H,3-9H2,1-2H3. The summed E-state index contributed by atoms with van der Waals surface area (Å²) in [6.45, 7) is 8.80. The summed E-state index contributed by atoms with van der Waals surface area (Å²) >= 11 is 1.58. The monoisotopic (exact) mass is 293 g/mol. The average Bonchev–Trinajstić information content (AvgIpc) is 3.25. The van der Waals surface area contributed by atoms with E-state index in [2.05, 4.69) is 23.6 Å². The molecule has 0 N–H and O–H groups in total. The van der Waals surface area contributed by atoms with Gasteiger partial charge in [-0.15, -0.1) is 0 Å². The molecule has 4 nitrogen and oxygen atoms in total. The predicted molar refractivity (Wildman–Crippen MR) is 83.0 cm³/mol. The number of carbonyl (C=O) groups is 1. The van der Waals surface area contributed by atoms with Crippen LogP contribution in [0.2, 0.25) is 0 Å². The highest BCUT2D eigenvalue weighted by Crippen LogP contribution is 2.43. The number of hydrogen-bond donors (Lipinski definition) is 0. The van der Waals surface area contributed by atoms with Gasteiger partial charge in [-0.05, 0) is 26.2 Å². The van der Waals surface area contributed by atoms with E-state index in [1.807, 2.05) is 0 Å². The number of thiazole rings is 1. The molecule has 1 saturated carbocycles. The van der Waals surface area contributed by atoms with Crippen molar-refractivity contribution in [2.75, 3.05) is 31.1 Å². The Balaban J connectivity index is 1.67. The minimum Gasteiger partial charge on any atom is -0.346 e. The lowest BCUT2D eigenvalue weighted by atomic mass is 10.2. The van der Waals surface area contributed by atoms with Crippen LogP contribution in [0.3, 0.4) is 0 Å². The number of piperazine rings is 1. The summed E-state index contributed by atoms with van der Waals surface area (Å²) in [5.74, 6) is 0.557. The van der Waals surface area contributed by atoms with Crippen LogP contribution in [0.15, 0.2) is 0 Å². The number of nitrogens with zero attached hydrogens (tertiary/aromatic N) is 3. The third kappa shape index (κ3) is 2.74. The van der Waals surface area contributed by atoms with Crippen molar-refractivity contribution in [3.05, 3.63) is 10.6 Å². The summed E-state index contributed by atoms with van der Waals surface area (Å²) < 4.78 is 0. The molecule has 0 amide bonds. The fourth-order valence-electron chi connectivity index (χ4n) is 2.81. The molecule has 2 aliphatic rings. The summed E-state index contributed by atoms with van der Waals surface area (Å²) in [6, 6.07) is 0.668. The van der Waals surface area contributed by atoms with Crippen molar-refractivity contribution in [1.29, 1.82) is 0 Å². The molecule has 1 atom stereocenters. The number of hydrogen-bond acceptors (Lipinski definition) is 5. The van der Waals surface area contributed by atoms with Crippen molar-refractivity contribution in [3.63, 3.8) is 0 Å². The first-order valence-electron chi connectivity index (χ1n) is 7.67. The van der Waals surface area contributed by atoms with E-state index >= 15 is 0 Å². The molecule has 1 aromatic rings. The number of aromatic nitrogens is 1. The summed E-state index contributed by atoms with van der Waals surface area (Å²) in [5.41, 5.74) is 1.06. The van der Waals surface area contributed by atoms with Crippen LogP contribution in [-0.4, -0.2) is 48.4 Å². The minimum atomic E-state index is 0.557. The van der Waals surface area contributed by atoms with Gasteiger partial charge in [-0.1, -0.05) is 18.3 Å². The molecule has 1 aromatic heterocycles. The van der Waals surface area contributed by atoms with Crippen LogP contribution in [0.5, 0.6) is 0 Å². The summed E-state index contributed by atoms with van der Waals surface area (Å²) in [6.07, 6.45) is 4.60. The zero-order chi connectivity index (χ0) is 14.1. The van der Waals surface area contributed by atoms with Crippen molar-refractivity contribution in [2.24, 2.45) is 0 Å². The largest absolute Gasteiger partial charge is 0.346 e. The third-order valence-electron chi connectivity index (χ3n) is 4.54. The molecule has 1 saturated heterocycles. The molecular formula is C15H23N3OS.